The Kier molecular flexibility index (Phi) is 5.67. The molecule has 1 aromatic carbocycles. The first-order chi connectivity index (χ1) is 7.91. The van der Waals surface area contributed by atoms with Crippen molar-refractivity contribution in [1.82, 2.24) is 5.32 Å². The normalized spacial score (nSPS) is 14.2. The molecule has 1 atom stereocenters. The van der Waals surface area contributed by atoms with Crippen LogP contribution in [0, 0.1) is 0 Å². The van der Waals surface area contributed by atoms with Crippen molar-refractivity contribution < 1.29 is 4.79 Å². The minimum absolute atomic E-state index is 0.0619. The molecule has 1 amide bonds. The van der Waals surface area contributed by atoms with Gasteiger partial charge in [0.15, 0.2) is 0 Å². The Morgan fingerprint density at radius 2 is 2.06 bits per heavy atom. The number of hydrogen-bond donors (Lipinski definition) is 1. The van der Waals surface area contributed by atoms with E-state index in [0.717, 1.165) is 20.7 Å². The molecule has 0 saturated heterocycles. The Morgan fingerprint density at radius 1 is 1.41 bits per heavy atom. The van der Waals surface area contributed by atoms with Gasteiger partial charge in [-0.05, 0) is 47.5 Å². The molecule has 1 aromatic rings. The SMILES string of the molecule is CCC(C)(CBr)NC(=O)c1ccc(Br)cc1Br. The maximum Gasteiger partial charge on any atom is 0.252 e. The average Bonchev–Trinajstić information content (AvgIpc) is 2.28. The number of carbonyl (C=O) groups is 1. The Balaban J connectivity index is 2.90. The molecule has 2 nitrogen and oxygen atoms in total. The highest BCUT2D eigenvalue weighted by Crippen LogP contribution is 2.23. The van der Waals surface area contributed by atoms with Crippen LogP contribution < -0.4 is 5.32 Å². The first-order valence-electron chi connectivity index (χ1n) is 5.25. The molecule has 0 aromatic heterocycles. The summed E-state index contributed by atoms with van der Waals surface area (Å²) in [5, 5.41) is 3.77. The fourth-order valence-electron chi connectivity index (χ4n) is 1.23. The largest absolute Gasteiger partial charge is 0.346 e. The molecule has 1 rings (SSSR count). The van der Waals surface area contributed by atoms with E-state index in [2.05, 4.69) is 60.0 Å². The number of nitrogens with one attached hydrogen (secondary N) is 1. The zero-order valence-electron chi connectivity index (χ0n) is 9.69. The highest BCUT2D eigenvalue weighted by atomic mass is 79.9. The van der Waals surface area contributed by atoms with Gasteiger partial charge in [-0.15, -0.1) is 0 Å². The fourth-order valence-corrected chi connectivity index (χ4v) is 3.00. The molecule has 0 aliphatic heterocycles. The van der Waals surface area contributed by atoms with E-state index in [0.29, 0.717) is 5.56 Å². The molecule has 5 heteroatoms. The summed E-state index contributed by atoms with van der Waals surface area (Å²) in [6.45, 7) is 4.07. The highest BCUT2D eigenvalue weighted by Gasteiger charge is 2.24. The first kappa shape index (κ1) is 15.2. The predicted molar refractivity (Wildman–Crippen MR) is 81.8 cm³/mol. The van der Waals surface area contributed by atoms with Crippen LogP contribution in [0.15, 0.2) is 27.1 Å². The molecular formula is C12H14Br3NO. The maximum atomic E-state index is 12.1. The van der Waals surface area contributed by atoms with Gasteiger partial charge in [0.2, 0.25) is 0 Å². The topological polar surface area (TPSA) is 29.1 Å². The molecule has 0 aliphatic rings. The summed E-state index contributed by atoms with van der Waals surface area (Å²) in [4.78, 5) is 12.1. The van der Waals surface area contributed by atoms with E-state index in [1.165, 1.54) is 0 Å². The van der Waals surface area contributed by atoms with Gasteiger partial charge in [0.25, 0.3) is 5.91 Å². The van der Waals surface area contributed by atoms with Gasteiger partial charge >= 0.3 is 0 Å². The van der Waals surface area contributed by atoms with Gasteiger partial charge in [-0.2, -0.15) is 0 Å². The van der Waals surface area contributed by atoms with Gasteiger partial charge in [0.05, 0.1) is 5.56 Å². The minimum atomic E-state index is -0.219. The summed E-state index contributed by atoms with van der Waals surface area (Å²) in [5.41, 5.74) is 0.428. The summed E-state index contributed by atoms with van der Waals surface area (Å²) in [7, 11) is 0. The monoisotopic (exact) mass is 425 g/mol. The molecule has 1 N–H and O–H groups in total. The van der Waals surface area contributed by atoms with Gasteiger partial charge in [0.1, 0.15) is 0 Å². The number of alkyl halides is 1. The second-order valence-corrected chi connectivity index (χ2v) is 6.46. The number of benzene rings is 1. The molecule has 1 unspecified atom stereocenters. The van der Waals surface area contributed by atoms with E-state index in [1.807, 2.05) is 19.1 Å². The van der Waals surface area contributed by atoms with Crippen LogP contribution in [0.4, 0.5) is 0 Å². The third kappa shape index (κ3) is 4.07. The molecule has 0 bridgehead atoms. The van der Waals surface area contributed by atoms with Gasteiger partial charge in [0, 0.05) is 19.8 Å². The Labute approximate surface area is 127 Å². The van der Waals surface area contributed by atoms with E-state index in [-0.39, 0.29) is 11.4 Å². The second kappa shape index (κ2) is 6.34. The van der Waals surface area contributed by atoms with Crippen molar-refractivity contribution in [3.8, 4) is 0 Å². The molecule has 0 saturated carbocycles. The van der Waals surface area contributed by atoms with Crippen molar-refractivity contribution >= 4 is 53.7 Å². The zero-order valence-corrected chi connectivity index (χ0v) is 14.4. The highest BCUT2D eigenvalue weighted by molar-refractivity contribution is 9.11. The van der Waals surface area contributed by atoms with Crippen LogP contribution in [0.5, 0.6) is 0 Å². The predicted octanol–water partition coefficient (Wildman–Crippen LogP) is 4.51. The zero-order chi connectivity index (χ0) is 13.1. The summed E-state index contributed by atoms with van der Waals surface area (Å²) < 4.78 is 1.73. The first-order valence-corrected chi connectivity index (χ1v) is 7.96. The second-order valence-electron chi connectivity index (χ2n) is 4.13. The Hall–Kier alpha value is 0.130. The van der Waals surface area contributed by atoms with Crippen molar-refractivity contribution in [2.45, 2.75) is 25.8 Å². The fraction of sp³-hybridized carbons (Fsp3) is 0.417. The number of hydrogen-bond acceptors (Lipinski definition) is 1. The van der Waals surface area contributed by atoms with Crippen LogP contribution in [0.2, 0.25) is 0 Å². The van der Waals surface area contributed by atoms with Crippen molar-refractivity contribution in [2.75, 3.05) is 5.33 Å². The molecule has 0 fully saturated rings. The third-order valence-electron chi connectivity index (χ3n) is 2.67. The van der Waals surface area contributed by atoms with Crippen LogP contribution in [-0.4, -0.2) is 16.8 Å². The lowest BCUT2D eigenvalue weighted by Crippen LogP contribution is -2.47. The molecule has 0 radical (unpaired) electrons. The van der Waals surface area contributed by atoms with E-state index >= 15 is 0 Å². The molecule has 0 spiro atoms. The van der Waals surface area contributed by atoms with Gasteiger partial charge in [-0.25, -0.2) is 0 Å². The standard InChI is InChI=1S/C12H14Br3NO/c1-3-12(2,7-13)16-11(17)9-5-4-8(14)6-10(9)15/h4-6H,3,7H2,1-2H3,(H,16,17). The summed E-state index contributed by atoms with van der Waals surface area (Å²) in [5.74, 6) is -0.0619. The van der Waals surface area contributed by atoms with E-state index in [4.69, 9.17) is 0 Å². The van der Waals surface area contributed by atoms with E-state index in [9.17, 15) is 4.79 Å². The van der Waals surface area contributed by atoms with Gasteiger partial charge in [-0.3, -0.25) is 4.79 Å². The number of halogens is 3. The number of rotatable bonds is 4. The van der Waals surface area contributed by atoms with Crippen molar-refractivity contribution in [3.63, 3.8) is 0 Å². The molecular weight excluding hydrogens is 414 g/mol. The number of amides is 1. The van der Waals surface area contributed by atoms with E-state index < -0.39 is 0 Å². The maximum absolute atomic E-state index is 12.1. The minimum Gasteiger partial charge on any atom is -0.346 e. The quantitative estimate of drug-likeness (QED) is 0.704. The van der Waals surface area contributed by atoms with Crippen LogP contribution in [0.1, 0.15) is 30.6 Å². The number of carbonyl (C=O) groups excluding carboxylic acids is 1. The van der Waals surface area contributed by atoms with Crippen molar-refractivity contribution in [3.05, 3.63) is 32.7 Å². The van der Waals surface area contributed by atoms with Crippen LogP contribution in [-0.2, 0) is 0 Å². The van der Waals surface area contributed by atoms with Gasteiger partial charge < -0.3 is 5.32 Å². The Bertz CT molecular complexity index is 416. The average molecular weight is 428 g/mol. The Morgan fingerprint density at radius 3 is 2.53 bits per heavy atom. The van der Waals surface area contributed by atoms with Crippen LogP contribution in [0.25, 0.3) is 0 Å². The van der Waals surface area contributed by atoms with Crippen LogP contribution >= 0.6 is 47.8 Å². The van der Waals surface area contributed by atoms with E-state index in [1.54, 1.807) is 6.07 Å². The molecule has 0 aliphatic carbocycles. The smallest absolute Gasteiger partial charge is 0.252 e. The summed E-state index contributed by atoms with van der Waals surface area (Å²) in [6.07, 6.45) is 0.873. The molecule has 17 heavy (non-hydrogen) atoms. The molecule has 0 heterocycles. The van der Waals surface area contributed by atoms with Crippen LogP contribution in [0.3, 0.4) is 0 Å². The lowest BCUT2D eigenvalue weighted by atomic mass is 10.0. The van der Waals surface area contributed by atoms with Crippen molar-refractivity contribution in [1.29, 1.82) is 0 Å². The summed E-state index contributed by atoms with van der Waals surface area (Å²) in [6, 6.07) is 5.53. The molecule has 94 valence electrons. The summed E-state index contributed by atoms with van der Waals surface area (Å²) >= 11 is 10.2. The lowest BCUT2D eigenvalue weighted by Gasteiger charge is -2.27. The third-order valence-corrected chi connectivity index (χ3v) is 5.05. The van der Waals surface area contributed by atoms with Crippen molar-refractivity contribution in [2.24, 2.45) is 0 Å². The van der Waals surface area contributed by atoms with Gasteiger partial charge in [-0.1, -0.05) is 38.8 Å². The lowest BCUT2D eigenvalue weighted by molar-refractivity contribution is 0.0912.